The summed E-state index contributed by atoms with van der Waals surface area (Å²) >= 11 is 0. The third-order valence-electron chi connectivity index (χ3n) is 3.61. The molecule has 0 aliphatic carbocycles. The molecular weight excluding hydrogens is 270 g/mol. The fourth-order valence-electron chi connectivity index (χ4n) is 2.34. The van der Waals surface area contributed by atoms with Crippen molar-refractivity contribution in [2.75, 3.05) is 11.9 Å². The molecule has 7 heteroatoms. The normalized spacial score (nSPS) is 11.5. The van der Waals surface area contributed by atoms with Gasteiger partial charge in [0, 0.05) is 27.2 Å². The van der Waals surface area contributed by atoms with Crippen molar-refractivity contribution in [2.24, 2.45) is 20.0 Å². The lowest BCUT2D eigenvalue weighted by molar-refractivity contribution is 0.523. The van der Waals surface area contributed by atoms with Crippen LogP contribution in [0.4, 0.5) is 5.95 Å². The fourth-order valence-corrected chi connectivity index (χ4v) is 2.34. The standard InChI is InChI=1S/C14H23N5O2/c1-6-15-13-16-11-10(19(13)8-7-9(2)3)12(20)18(5)14(21)17(11)4/h9H,6-8H2,1-5H3,(H,15,16). The highest BCUT2D eigenvalue weighted by Gasteiger charge is 2.18. The van der Waals surface area contributed by atoms with Crippen molar-refractivity contribution in [1.29, 1.82) is 0 Å². The third kappa shape index (κ3) is 2.59. The maximum Gasteiger partial charge on any atom is 0.332 e. The molecule has 0 aromatic carbocycles. The van der Waals surface area contributed by atoms with E-state index in [1.165, 1.54) is 11.6 Å². The third-order valence-corrected chi connectivity index (χ3v) is 3.61. The molecule has 0 aliphatic heterocycles. The van der Waals surface area contributed by atoms with Crippen LogP contribution >= 0.6 is 0 Å². The summed E-state index contributed by atoms with van der Waals surface area (Å²) in [6.45, 7) is 7.66. The summed E-state index contributed by atoms with van der Waals surface area (Å²) in [7, 11) is 3.14. The van der Waals surface area contributed by atoms with Crippen molar-refractivity contribution < 1.29 is 0 Å². The van der Waals surface area contributed by atoms with Gasteiger partial charge >= 0.3 is 5.69 Å². The zero-order valence-electron chi connectivity index (χ0n) is 13.3. The Labute approximate surface area is 123 Å². The molecule has 0 amide bonds. The monoisotopic (exact) mass is 293 g/mol. The predicted octanol–water partition coefficient (Wildman–Crippen LogP) is 0.912. The van der Waals surface area contributed by atoms with Gasteiger partial charge in [-0.25, -0.2) is 4.79 Å². The molecule has 2 aromatic heterocycles. The maximum atomic E-state index is 12.4. The Bertz CT molecular complexity index is 766. The second kappa shape index (κ2) is 5.75. The van der Waals surface area contributed by atoms with Crippen molar-refractivity contribution in [3.8, 4) is 0 Å². The van der Waals surface area contributed by atoms with Crippen molar-refractivity contribution in [1.82, 2.24) is 18.7 Å². The first-order chi connectivity index (χ1) is 9.88. The van der Waals surface area contributed by atoms with Gasteiger partial charge < -0.3 is 9.88 Å². The summed E-state index contributed by atoms with van der Waals surface area (Å²) < 4.78 is 4.44. The van der Waals surface area contributed by atoms with Gasteiger partial charge in [-0.05, 0) is 19.3 Å². The van der Waals surface area contributed by atoms with Gasteiger partial charge in [-0.2, -0.15) is 4.98 Å². The molecule has 0 fully saturated rings. The van der Waals surface area contributed by atoms with E-state index in [2.05, 4.69) is 24.1 Å². The van der Waals surface area contributed by atoms with Crippen LogP contribution in [0.25, 0.3) is 11.2 Å². The molecule has 0 bridgehead atoms. The van der Waals surface area contributed by atoms with Gasteiger partial charge in [0.25, 0.3) is 5.56 Å². The van der Waals surface area contributed by atoms with E-state index in [-0.39, 0.29) is 11.2 Å². The molecule has 2 heterocycles. The number of anilines is 1. The number of aromatic nitrogens is 4. The number of rotatable bonds is 5. The van der Waals surface area contributed by atoms with E-state index >= 15 is 0 Å². The lowest BCUT2D eigenvalue weighted by atomic mass is 10.1. The topological polar surface area (TPSA) is 73.8 Å². The van der Waals surface area contributed by atoms with Crippen LogP contribution in [0.1, 0.15) is 27.2 Å². The summed E-state index contributed by atoms with van der Waals surface area (Å²) in [5.41, 5.74) is 0.261. The van der Waals surface area contributed by atoms with Crippen LogP contribution in [0.15, 0.2) is 9.59 Å². The minimum atomic E-state index is -0.357. The van der Waals surface area contributed by atoms with Crippen LogP contribution in [0.3, 0.4) is 0 Å². The Hall–Kier alpha value is -2.05. The number of hydrogen-bond acceptors (Lipinski definition) is 4. The molecule has 21 heavy (non-hydrogen) atoms. The summed E-state index contributed by atoms with van der Waals surface area (Å²) in [6.07, 6.45) is 0.940. The van der Waals surface area contributed by atoms with Gasteiger partial charge in [0.2, 0.25) is 5.95 Å². The number of nitrogens with one attached hydrogen (secondary N) is 1. The summed E-state index contributed by atoms with van der Waals surface area (Å²) in [5.74, 6) is 1.17. The summed E-state index contributed by atoms with van der Waals surface area (Å²) in [4.78, 5) is 28.9. The van der Waals surface area contributed by atoms with Crippen LogP contribution < -0.4 is 16.6 Å². The van der Waals surface area contributed by atoms with Crippen LogP contribution in [-0.2, 0) is 20.6 Å². The SMILES string of the molecule is CCNc1nc2c(c(=O)n(C)c(=O)n2C)n1CCC(C)C. The van der Waals surface area contributed by atoms with Crippen molar-refractivity contribution in [2.45, 2.75) is 33.7 Å². The van der Waals surface area contributed by atoms with Crippen LogP contribution in [0, 0.1) is 5.92 Å². The summed E-state index contributed by atoms with van der Waals surface area (Å²) in [5, 5.41) is 3.17. The first kappa shape index (κ1) is 15.3. The quantitative estimate of drug-likeness (QED) is 0.889. The Kier molecular flexibility index (Phi) is 4.20. The number of fused-ring (bicyclic) bond motifs is 1. The van der Waals surface area contributed by atoms with E-state index < -0.39 is 0 Å². The molecule has 0 spiro atoms. The highest BCUT2D eigenvalue weighted by Crippen LogP contribution is 2.17. The van der Waals surface area contributed by atoms with Crippen LogP contribution in [0.2, 0.25) is 0 Å². The molecule has 0 aliphatic rings. The maximum absolute atomic E-state index is 12.4. The van der Waals surface area contributed by atoms with E-state index in [9.17, 15) is 9.59 Å². The van der Waals surface area contributed by atoms with Crippen molar-refractivity contribution >= 4 is 17.1 Å². The smallest absolute Gasteiger partial charge is 0.332 e. The van der Waals surface area contributed by atoms with Gasteiger partial charge in [-0.15, -0.1) is 0 Å². The van der Waals surface area contributed by atoms with E-state index in [1.54, 1.807) is 7.05 Å². The number of nitrogens with zero attached hydrogens (tertiary/aromatic N) is 4. The van der Waals surface area contributed by atoms with Gasteiger partial charge in [-0.1, -0.05) is 13.8 Å². The fraction of sp³-hybridized carbons (Fsp3) is 0.643. The van der Waals surface area contributed by atoms with Crippen LogP contribution in [-0.4, -0.2) is 25.2 Å². The molecule has 0 saturated heterocycles. The van der Waals surface area contributed by atoms with E-state index in [4.69, 9.17) is 0 Å². The molecule has 0 unspecified atom stereocenters. The van der Waals surface area contributed by atoms with Crippen molar-refractivity contribution in [3.63, 3.8) is 0 Å². The zero-order chi connectivity index (χ0) is 15.7. The molecule has 1 N–H and O–H groups in total. The number of imidazole rings is 1. The molecule has 116 valence electrons. The van der Waals surface area contributed by atoms with E-state index in [1.807, 2.05) is 11.5 Å². The Balaban J connectivity index is 2.76. The van der Waals surface area contributed by atoms with Gasteiger partial charge in [-0.3, -0.25) is 13.9 Å². The average Bonchev–Trinajstić information content (AvgIpc) is 2.79. The van der Waals surface area contributed by atoms with E-state index in [0.717, 1.165) is 11.0 Å². The molecule has 0 saturated carbocycles. The molecule has 0 radical (unpaired) electrons. The number of aryl methyl sites for hydroxylation is 2. The molecule has 7 nitrogen and oxygen atoms in total. The lowest BCUT2D eigenvalue weighted by Gasteiger charge is -2.11. The second-order valence-electron chi connectivity index (χ2n) is 5.68. The first-order valence-electron chi connectivity index (χ1n) is 7.28. The van der Waals surface area contributed by atoms with Gasteiger partial charge in [0.05, 0.1) is 0 Å². The van der Waals surface area contributed by atoms with Crippen molar-refractivity contribution in [3.05, 3.63) is 20.8 Å². The second-order valence-corrected chi connectivity index (χ2v) is 5.68. The largest absolute Gasteiger partial charge is 0.356 e. The number of hydrogen-bond donors (Lipinski definition) is 1. The average molecular weight is 293 g/mol. The highest BCUT2D eigenvalue weighted by molar-refractivity contribution is 5.74. The first-order valence-corrected chi connectivity index (χ1v) is 7.28. The lowest BCUT2D eigenvalue weighted by Crippen LogP contribution is -2.37. The van der Waals surface area contributed by atoms with E-state index in [0.29, 0.717) is 36.1 Å². The molecule has 2 rings (SSSR count). The minimum absolute atomic E-state index is 0.298. The molecule has 2 aromatic rings. The predicted molar refractivity (Wildman–Crippen MR) is 83.8 cm³/mol. The Morgan fingerprint density at radius 1 is 1.19 bits per heavy atom. The minimum Gasteiger partial charge on any atom is -0.356 e. The Morgan fingerprint density at radius 2 is 1.86 bits per heavy atom. The summed E-state index contributed by atoms with van der Waals surface area (Å²) in [6, 6.07) is 0. The zero-order valence-corrected chi connectivity index (χ0v) is 13.3. The molecule has 0 atom stereocenters. The Morgan fingerprint density at radius 3 is 2.43 bits per heavy atom. The molecular formula is C14H23N5O2. The van der Waals surface area contributed by atoms with Crippen LogP contribution in [0.5, 0.6) is 0 Å². The van der Waals surface area contributed by atoms with Gasteiger partial charge in [0.1, 0.15) is 0 Å². The highest BCUT2D eigenvalue weighted by atomic mass is 16.2. The van der Waals surface area contributed by atoms with Gasteiger partial charge in [0.15, 0.2) is 11.2 Å².